The Labute approximate surface area is 516 Å². The van der Waals surface area contributed by atoms with E-state index < -0.39 is 132 Å². The van der Waals surface area contributed by atoms with Crippen molar-refractivity contribution in [2.24, 2.45) is 28.9 Å². The maximum Gasteiger partial charge on any atom is 0.326 e. The number of amides is 10. The van der Waals surface area contributed by atoms with E-state index in [1.54, 1.807) is 74.5 Å². The number of carbonyl (C=O) groups is 11. The number of likely N-dealkylation sites (tertiary alicyclic amines) is 1. The molecule has 0 aromatic heterocycles. The van der Waals surface area contributed by atoms with Gasteiger partial charge in [-0.25, -0.2) is 4.79 Å². The Bertz CT molecular complexity index is 3050. The number of carboxylic acids is 1. The third-order valence-electron chi connectivity index (χ3n) is 14.9. The van der Waals surface area contributed by atoms with Crippen molar-refractivity contribution in [1.29, 1.82) is 0 Å². The van der Waals surface area contributed by atoms with Gasteiger partial charge in [0.25, 0.3) is 0 Å². The molecular weight excluding hydrogens is 1150 g/mol. The number of hydrogen-bond donors (Lipinski definition) is 14. The molecule has 0 radical (unpaired) electrons. The Balaban J connectivity index is 1.39. The van der Waals surface area contributed by atoms with Gasteiger partial charge in [0, 0.05) is 38.6 Å². The van der Waals surface area contributed by atoms with Gasteiger partial charge in [-0.15, -0.1) is 0 Å². The maximum atomic E-state index is 15.0. The molecule has 0 spiro atoms. The fourth-order valence-electron chi connectivity index (χ4n) is 10.1. The first-order chi connectivity index (χ1) is 42.4. The van der Waals surface area contributed by atoms with Gasteiger partial charge in [0.05, 0.1) is 6.04 Å². The zero-order valence-corrected chi connectivity index (χ0v) is 50.1. The van der Waals surface area contributed by atoms with E-state index in [0.29, 0.717) is 29.5 Å². The lowest BCUT2D eigenvalue weighted by atomic mass is 10.0. The monoisotopic (exact) mass is 1230 g/mol. The number of aliphatic carboxylic acids is 1. The number of carbonyl (C=O) groups excluding carboxylic acids is 10. The highest BCUT2D eigenvalue weighted by Gasteiger charge is 2.41. The Hall–Kier alpha value is -9.43. The lowest BCUT2D eigenvalue weighted by molar-refractivity contribution is -0.143. The van der Waals surface area contributed by atoms with Crippen molar-refractivity contribution in [1.82, 2.24) is 42.1 Å². The molecule has 1 aliphatic rings. The van der Waals surface area contributed by atoms with Crippen LogP contribution in [0, 0.1) is 5.92 Å². The molecule has 4 aromatic carbocycles. The van der Waals surface area contributed by atoms with Crippen LogP contribution in [0.2, 0.25) is 0 Å². The van der Waals surface area contributed by atoms with Gasteiger partial charge in [0.2, 0.25) is 59.1 Å². The van der Waals surface area contributed by atoms with E-state index in [-0.39, 0.29) is 94.7 Å². The average molecular weight is 1230 g/mol. The minimum atomic E-state index is -1.53. The molecule has 89 heavy (non-hydrogen) atoms. The molecule has 0 aliphatic carbocycles. The number of rotatable bonds is 36. The van der Waals surface area contributed by atoms with E-state index in [1.165, 1.54) is 53.4 Å². The van der Waals surface area contributed by atoms with Crippen LogP contribution in [0.5, 0.6) is 11.5 Å². The topological polar surface area (TPSA) is 440 Å². The summed E-state index contributed by atoms with van der Waals surface area (Å²) in [5.74, 6) is -9.94. The van der Waals surface area contributed by atoms with Crippen LogP contribution in [0.25, 0.3) is 0 Å². The lowest BCUT2D eigenvalue weighted by Crippen LogP contribution is -2.60. The maximum absolute atomic E-state index is 15.0. The van der Waals surface area contributed by atoms with Crippen molar-refractivity contribution in [3.63, 3.8) is 0 Å². The van der Waals surface area contributed by atoms with Crippen molar-refractivity contribution in [2.45, 2.75) is 158 Å². The summed E-state index contributed by atoms with van der Waals surface area (Å²) >= 11 is 0. The van der Waals surface area contributed by atoms with Gasteiger partial charge in [0.1, 0.15) is 59.8 Å². The number of nitrogens with zero attached hydrogens (tertiary/aromatic N) is 1. The second kappa shape index (κ2) is 35.4. The minimum absolute atomic E-state index is 0.0112. The number of nitrogens with two attached hydrogens (primary N) is 4. The van der Waals surface area contributed by atoms with Gasteiger partial charge in [-0.3, -0.25) is 47.9 Å². The molecule has 5 rings (SSSR count). The Morgan fingerprint density at radius 1 is 0.494 bits per heavy atom. The first-order valence-corrected chi connectivity index (χ1v) is 29.7. The van der Waals surface area contributed by atoms with Crippen molar-refractivity contribution < 1.29 is 68.1 Å². The highest BCUT2D eigenvalue weighted by atomic mass is 16.4. The van der Waals surface area contributed by atoms with Crippen molar-refractivity contribution in [3.05, 3.63) is 131 Å². The van der Waals surface area contributed by atoms with E-state index in [9.17, 15) is 63.3 Å². The predicted octanol–water partition coefficient (Wildman–Crippen LogP) is -0.129. The molecule has 0 unspecified atom stereocenters. The molecule has 480 valence electrons. The van der Waals surface area contributed by atoms with Gasteiger partial charge in [0.15, 0.2) is 0 Å². The third kappa shape index (κ3) is 23.6. The molecule has 9 atom stereocenters. The van der Waals surface area contributed by atoms with Crippen LogP contribution < -0.4 is 60.2 Å². The van der Waals surface area contributed by atoms with Crippen molar-refractivity contribution in [3.8, 4) is 11.5 Å². The molecule has 18 N–H and O–H groups in total. The van der Waals surface area contributed by atoms with Crippen LogP contribution >= 0.6 is 0 Å². The third-order valence-corrected chi connectivity index (χ3v) is 14.9. The van der Waals surface area contributed by atoms with Gasteiger partial charge >= 0.3 is 5.97 Å². The summed E-state index contributed by atoms with van der Waals surface area (Å²) in [6.07, 6.45) is -0.748. The number of nitrogens with one attached hydrogen (secondary N) is 7. The second-order valence-electron chi connectivity index (χ2n) is 22.6. The second-order valence-corrected chi connectivity index (χ2v) is 22.6. The molecule has 26 nitrogen and oxygen atoms in total. The van der Waals surface area contributed by atoms with E-state index in [2.05, 4.69) is 37.2 Å². The summed E-state index contributed by atoms with van der Waals surface area (Å²) in [5, 5.41) is 48.3. The Morgan fingerprint density at radius 2 is 0.888 bits per heavy atom. The largest absolute Gasteiger partial charge is 0.508 e. The first kappa shape index (κ1) is 70.3. The van der Waals surface area contributed by atoms with Gasteiger partial charge in [-0.2, -0.15) is 0 Å². The molecular formula is C63H84N12O14. The predicted molar refractivity (Wildman–Crippen MR) is 327 cm³/mol. The Kier molecular flexibility index (Phi) is 28.0. The number of benzene rings is 4. The van der Waals surface area contributed by atoms with E-state index in [1.807, 2.05) is 0 Å². The van der Waals surface area contributed by atoms with Crippen LogP contribution in [0.4, 0.5) is 0 Å². The van der Waals surface area contributed by atoms with Crippen molar-refractivity contribution in [2.75, 3.05) is 13.1 Å². The van der Waals surface area contributed by atoms with Crippen LogP contribution in [0.3, 0.4) is 0 Å². The minimum Gasteiger partial charge on any atom is -0.508 e. The first-order valence-electron chi connectivity index (χ1n) is 29.7. The molecule has 0 bridgehead atoms. The number of aromatic hydroxyl groups is 2. The van der Waals surface area contributed by atoms with E-state index in [0.717, 1.165) is 5.56 Å². The zero-order chi connectivity index (χ0) is 65.2. The molecule has 1 aliphatic heterocycles. The normalized spacial score (nSPS) is 15.5. The summed E-state index contributed by atoms with van der Waals surface area (Å²) in [7, 11) is 0. The summed E-state index contributed by atoms with van der Waals surface area (Å²) in [4.78, 5) is 153. The number of primary amides is 2. The Morgan fingerprint density at radius 3 is 1.35 bits per heavy atom. The average Bonchev–Trinajstić information content (AvgIpc) is 2.84. The smallest absolute Gasteiger partial charge is 0.326 e. The summed E-state index contributed by atoms with van der Waals surface area (Å²) in [6.45, 7) is 3.75. The molecule has 26 heteroatoms. The summed E-state index contributed by atoms with van der Waals surface area (Å²) < 4.78 is 0. The molecule has 0 saturated carbocycles. The highest BCUT2D eigenvalue weighted by Crippen LogP contribution is 2.22. The van der Waals surface area contributed by atoms with Crippen LogP contribution in [0.15, 0.2) is 109 Å². The molecule has 1 heterocycles. The number of phenols is 2. The quantitative estimate of drug-likeness (QED) is 0.0264. The molecule has 4 aromatic rings. The standard InChI is InChI=1S/C63H84N12O14/c1-37(2)32-51(63(88)89)74-60(85)49(35-41-20-24-43(77)25-21-41)72-58(83)47(27-29-54(67)79)70-61(86)52-17-11-31-75(52)62(87)50(36-39-14-7-4-8-15-39)73-56(81)45(16-9-10-30-64)68-57(82)46(26-28-53(66)78)69-59(84)48(34-40-18-22-42(76)23-19-40)71-55(80)44(65)33-38-12-5-3-6-13-38/h3-8,12-15,18-25,37,44-52,76-77H,9-11,16-17,26-36,64-65H2,1-2H3,(H2,66,78)(H2,67,79)(H,68,82)(H,69,84)(H,70,86)(H,71,80)(H,72,83)(H,73,81)(H,74,85)(H,88,89)/t44-,45-,46-,47-,48-,49-,50-,51-,52-/m0/s1. The van der Waals surface area contributed by atoms with E-state index >= 15 is 4.79 Å². The highest BCUT2D eigenvalue weighted by molar-refractivity contribution is 5.99. The van der Waals surface area contributed by atoms with Gasteiger partial charge < -0.3 is 80.4 Å². The van der Waals surface area contributed by atoms with Crippen LogP contribution in [-0.4, -0.2) is 153 Å². The fourth-order valence-corrected chi connectivity index (χ4v) is 10.1. The number of carboxylic acid groups (broad SMARTS) is 1. The van der Waals surface area contributed by atoms with Crippen LogP contribution in [-0.2, 0) is 78.4 Å². The van der Waals surface area contributed by atoms with Crippen LogP contribution in [0.1, 0.15) is 100 Å². The number of hydrogen-bond acceptors (Lipinski definition) is 15. The molecule has 10 amide bonds. The summed E-state index contributed by atoms with van der Waals surface area (Å²) in [6, 6.07) is 16.8. The fraction of sp³-hybridized carbons (Fsp3) is 0.444. The van der Waals surface area contributed by atoms with Crippen molar-refractivity contribution >= 4 is 65.0 Å². The molecule has 1 fully saturated rings. The molecule has 1 saturated heterocycles. The zero-order valence-electron chi connectivity index (χ0n) is 50.1. The number of phenolic OH excluding ortho intramolecular Hbond substituents is 2. The lowest BCUT2D eigenvalue weighted by Gasteiger charge is -2.31. The van der Waals surface area contributed by atoms with Gasteiger partial charge in [-0.1, -0.05) is 98.8 Å². The SMILES string of the molecule is CC(C)C[C@H](NC(=O)[C@H](Cc1ccc(O)cc1)NC(=O)[C@H](CCC(N)=O)NC(=O)[C@@H]1CCCN1C(=O)[C@H](Cc1ccccc1)NC(=O)[C@H](CCCCN)NC(=O)[C@H](CCC(N)=O)NC(=O)[C@H](Cc1ccc(O)cc1)NC(=O)[C@@H](N)Cc1ccccc1)C(=O)O. The van der Waals surface area contributed by atoms with E-state index in [4.69, 9.17) is 22.9 Å². The number of unbranched alkanes of at least 4 members (excludes halogenated alkanes) is 1. The van der Waals surface area contributed by atoms with Gasteiger partial charge in [-0.05, 0) is 117 Å². The summed E-state index contributed by atoms with van der Waals surface area (Å²) in [5.41, 5.74) is 25.5.